The molecule has 7 heteroatoms. The van der Waals surface area contributed by atoms with Crippen molar-refractivity contribution in [1.82, 2.24) is 5.32 Å². The minimum absolute atomic E-state index is 0.00755. The second-order valence-corrected chi connectivity index (χ2v) is 8.28. The predicted molar refractivity (Wildman–Crippen MR) is 135 cm³/mol. The lowest BCUT2D eigenvalue weighted by molar-refractivity contribution is -0.117. The Morgan fingerprint density at radius 2 is 1.82 bits per heavy atom. The van der Waals surface area contributed by atoms with Gasteiger partial charge in [0.1, 0.15) is 18.2 Å². The van der Waals surface area contributed by atoms with Crippen LogP contribution in [0.25, 0.3) is 6.08 Å². The predicted octanol–water partition coefficient (Wildman–Crippen LogP) is 6.76. The normalized spacial score (nSPS) is 11.9. The van der Waals surface area contributed by atoms with E-state index in [-0.39, 0.29) is 18.2 Å². The molecule has 174 valence electrons. The highest BCUT2D eigenvalue weighted by atomic mass is 35.5. The van der Waals surface area contributed by atoms with E-state index >= 15 is 0 Å². The zero-order valence-corrected chi connectivity index (χ0v) is 20.4. The van der Waals surface area contributed by atoms with Gasteiger partial charge in [-0.3, -0.25) is 4.79 Å². The molecule has 1 amide bonds. The maximum Gasteiger partial charge on any atom is 0.262 e. The average Bonchev–Trinajstić information content (AvgIpc) is 2.83. The SMILES string of the molecule is CCOc1cc(/C=C(\C#N)C(=O)NC(C)c2ccccc2)ccc1OCc1ccc(Cl)cc1Cl. The van der Waals surface area contributed by atoms with E-state index in [9.17, 15) is 10.1 Å². The smallest absolute Gasteiger partial charge is 0.262 e. The Morgan fingerprint density at radius 1 is 1.06 bits per heavy atom. The molecule has 0 saturated carbocycles. The molecule has 3 rings (SSSR count). The number of nitrogens with one attached hydrogen (secondary N) is 1. The molecule has 0 spiro atoms. The number of amides is 1. The zero-order chi connectivity index (χ0) is 24.5. The maximum atomic E-state index is 12.7. The molecule has 5 nitrogen and oxygen atoms in total. The van der Waals surface area contributed by atoms with E-state index in [1.54, 1.807) is 36.4 Å². The van der Waals surface area contributed by atoms with Crippen LogP contribution in [0.4, 0.5) is 0 Å². The number of nitriles is 1. The number of rotatable bonds is 9. The number of carbonyl (C=O) groups excluding carboxylic acids is 1. The summed E-state index contributed by atoms with van der Waals surface area (Å²) in [4.78, 5) is 12.7. The first kappa shape index (κ1) is 25.2. The summed E-state index contributed by atoms with van der Waals surface area (Å²) in [6.07, 6.45) is 1.52. The average molecular weight is 495 g/mol. The lowest BCUT2D eigenvalue weighted by atomic mass is 10.1. The summed E-state index contributed by atoms with van der Waals surface area (Å²) in [5, 5.41) is 13.5. The first-order valence-corrected chi connectivity index (χ1v) is 11.5. The molecule has 0 radical (unpaired) electrons. The number of nitrogens with zero attached hydrogens (tertiary/aromatic N) is 1. The van der Waals surface area contributed by atoms with Gasteiger partial charge in [0.05, 0.1) is 12.6 Å². The van der Waals surface area contributed by atoms with Crippen molar-refractivity contribution in [1.29, 1.82) is 5.26 Å². The molecule has 1 atom stereocenters. The Hall–Kier alpha value is -3.46. The second kappa shape index (κ2) is 12.1. The number of carbonyl (C=O) groups is 1. The van der Waals surface area contributed by atoms with Crippen LogP contribution in [0.2, 0.25) is 10.0 Å². The Labute approximate surface area is 209 Å². The highest BCUT2D eigenvalue weighted by Crippen LogP contribution is 2.31. The second-order valence-electron chi connectivity index (χ2n) is 7.44. The van der Waals surface area contributed by atoms with Crippen molar-refractivity contribution in [3.63, 3.8) is 0 Å². The molecule has 0 aliphatic heterocycles. The first-order valence-electron chi connectivity index (χ1n) is 10.7. The lowest BCUT2D eigenvalue weighted by Gasteiger charge is -2.14. The van der Waals surface area contributed by atoms with Gasteiger partial charge in [0, 0.05) is 15.6 Å². The van der Waals surface area contributed by atoms with Crippen molar-refractivity contribution < 1.29 is 14.3 Å². The van der Waals surface area contributed by atoms with Gasteiger partial charge >= 0.3 is 0 Å². The van der Waals surface area contributed by atoms with Crippen LogP contribution in [0, 0.1) is 11.3 Å². The van der Waals surface area contributed by atoms with E-state index in [2.05, 4.69) is 5.32 Å². The van der Waals surface area contributed by atoms with Gasteiger partial charge < -0.3 is 14.8 Å². The minimum Gasteiger partial charge on any atom is -0.490 e. The van der Waals surface area contributed by atoms with E-state index in [4.69, 9.17) is 32.7 Å². The van der Waals surface area contributed by atoms with Crippen molar-refractivity contribution in [2.45, 2.75) is 26.5 Å². The summed E-state index contributed by atoms with van der Waals surface area (Å²) in [7, 11) is 0. The highest BCUT2D eigenvalue weighted by Gasteiger charge is 2.15. The van der Waals surface area contributed by atoms with E-state index in [0.717, 1.165) is 11.1 Å². The molecule has 0 saturated heterocycles. The summed E-state index contributed by atoms with van der Waals surface area (Å²) in [5.74, 6) is 0.567. The molecule has 34 heavy (non-hydrogen) atoms. The summed E-state index contributed by atoms with van der Waals surface area (Å²) in [6, 6.07) is 21.7. The third-order valence-electron chi connectivity index (χ3n) is 4.99. The van der Waals surface area contributed by atoms with Gasteiger partial charge in [-0.15, -0.1) is 0 Å². The molecule has 3 aromatic carbocycles. The van der Waals surface area contributed by atoms with Gasteiger partial charge in [0.25, 0.3) is 5.91 Å². The number of benzene rings is 3. The fraction of sp³-hybridized carbons (Fsp3) is 0.185. The molecule has 1 N–H and O–H groups in total. The summed E-state index contributed by atoms with van der Waals surface area (Å²) in [6.45, 7) is 4.38. The molecule has 0 heterocycles. The molecular weight excluding hydrogens is 471 g/mol. The van der Waals surface area contributed by atoms with Gasteiger partial charge in [-0.1, -0.05) is 65.7 Å². The summed E-state index contributed by atoms with van der Waals surface area (Å²) >= 11 is 12.2. The van der Waals surface area contributed by atoms with E-state index in [1.807, 2.05) is 50.2 Å². The van der Waals surface area contributed by atoms with E-state index < -0.39 is 5.91 Å². The Balaban J connectivity index is 1.76. The quantitative estimate of drug-likeness (QED) is 0.263. The standard InChI is InChI=1S/C27H24Cl2N2O3/c1-3-33-26-14-19(9-12-25(26)34-17-21-10-11-23(28)15-24(21)29)13-22(16-30)27(32)31-18(2)20-7-5-4-6-8-20/h4-15,18H,3,17H2,1-2H3,(H,31,32)/b22-13+. The molecule has 0 fully saturated rings. The fourth-order valence-corrected chi connectivity index (χ4v) is 3.67. The molecule has 0 aromatic heterocycles. The van der Waals surface area contributed by atoms with E-state index in [0.29, 0.717) is 33.7 Å². The maximum absolute atomic E-state index is 12.7. The van der Waals surface area contributed by atoms with Crippen LogP contribution in [-0.2, 0) is 11.4 Å². The van der Waals surface area contributed by atoms with Gasteiger partial charge in [0.2, 0.25) is 0 Å². The van der Waals surface area contributed by atoms with Gasteiger partial charge in [-0.2, -0.15) is 5.26 Å². The number of ether oxygens (including phenoxy) is 2. The molecule has 3 aromatic rings. The number of halogens is 2. The van der Waals surface area contributed by atoms with Crippen molar-refractivity contribution >= 4 is 35.2 Å². The van der Waals surface area contributed by atoms with Crippen LogP contribution < -0.4 is 14.8 Å². The van der Waals surface area contributed by atoms with E-state index in [1.165, 1.54) is 6.08 Å². The van der Waals surface area contributed by atoms with Crippen molar-refractivity contribution in [2.24, 2.45) is 0 Å². The number of hydrogen-bond acceptors (Lipinski definition) is 4. The first-order chi connectivity index (χ1) is 16.4. The van der Waals surface area contributed by atoms with Gasteiger partial charge in [-0.05, 0) is 55.3 Å². The fourth-order valence-electron chi connectivity index (χ4n) is 3.21. The van der Waals surface area contributed by atoms with Crippen molar-refractivity contribution in [3.05, 3.63) is 99.0 Å². The topological polar surface area (TPSA) is 71.3 Å². The molecular formula is C27H24Cl2N2O3. The van der Waals surface area contributed by atoms with Gasteiger partial charge in [0.15, 0.2) is 11.5 Å². The summed E-state index contributed by atoms with van der Waals surface area (Å²) < 4.78 is 11.6. The van der Waals surface area contributed by atoms with Crippen molar-refractivity contribution in [2.75, 3.05) is 6.61 Å². The van der Waals surface area contributed by atoms with Crippen LogP contribution in [0.3, 0.4) is 0 Å². The van der Waals surface area contributed by atoms with Crippen LogP contribution in [0.5, 0.6) is 11.5 Å². The molecule has 0 aliphatic carbocycles. The Morgan fingerprint density at radius 3 is 2.50 bits per heavy atom. The third kappa shape index (κ3) is 6.77. The molecule has 0 aliphatic rings. The number of hydrogen-bond donors (Lipinski definition) is 1. The summed E-state index contributed by atoms with van der Waals surface area (Å²) in [5.41, 5.74) is 2.37. The van der Waals surface area contributed by atoms with Crippen LogP contribution in [-0.4, -0.2) is 12.5 Å². The van der Waals surface area contributed by atoms with Crippen LogP contribution >= 0.6 is 23.2 Å². The van der Waals surface area contributed by atoms with Crippen molar-refractivity contribution in [3.8, 4) is 17.6 Å². The van der Waals surface area contributed by atoms with Crippen LogP contribution in [0.1, 0.15) is 36.6 Å². The molecule has 0 bridgehead atoms. The monoisotopic (exact) mass is 494 g/mol. The largest absolute Gasteiger partial charge is 0.490 e. The third-order valence-corrected chi connectivity index (χ3v) is 5.58. The Kier molecular flexibility index (Phi) is 8.98. The minimum atomic E-state index is -0.450. The van der Waals surface area contributed by atoms with Gasteiger partial charge in [-0.25, -0.2) is 0 Å². The highest BCUT2D eigenvalue weighted by molar-refractivity contribution is 6.35. The lowest BCUT2D eigenvalue weighted by Crippen LogP contribution is -2.27. The van der Waals surface area contributed by atoms with Crippen LogP contribution in [0.15, 0.2) is 72.3 Å². The zero-order valence-electron chi connectivity index (χ0n) is 18.8. The molecule has 1 unspecified atom stereocenters. The Bertz CT molecular complexity index is 1220.